The average molecular weight is 272 g/mol. The number of aryl methyl sites for hydroxylation is 1. The molecule has 0 saturated heterocycles. The number of hydrogen-bond donors (Lipinski definition) is 1. The Morgan fingerprint density at radius 2 is 2.20 bits per heavy atom. The van der Waals surface area contributed by atoms with Gasteiger partial charge >= 0.3 is 0 Å². The lowest BCUT2D eigenvalue weighted by Gasteiger charge is -2.02. The number of nitriles is 1. The molecule has 0 aliphatic heterocycles. The van der Waals surface area contributed by atoms with Crippen molar-refractivity contribution in [1.82, 2.24) is 9.97 Å². The number of anilines is 1. The van der Waals surface area contributed by atoms with E-state index in [9.17, 15) is 4.79 Å². The van der Waals surface area contributed by atoms with Crippen molar-refractivity contribution in [3.8, 4) is 6.07 Å². The van der Waals surface area contributed by atoms with Gasteiger partial charge in [-0.05, 0) is 6.07 Å². The number of nitrogens with one attached hydrogen (secondary N) is 1. The van der Waals surface area contributed by atoms with Crippen LogP contribution in [0.4, 0.5) is 5.69 Å². The zero-order valence-electron chi connectivity index (χ0n) is 11.7. The zero-order valence-corrected chi connectivity index (χ0v) is 11.7. The second-order valence-electron chi connectivity index (χ2n) is 3.66. The molecule has 0 fully saturated rings. The van der Waals surface area contributed by atoms with Gasteiger partial charge in [-0.2, -0.15) is 5.26 Å². The van der Waals surface area contributed by atoms with Gasteiger partial charge in [0.1, 0.15) is 12.3 Å². The van der Waals surface area contributed by atoms with E-state index in [4.69, 9.17) is 9.68 Å². The van der Waals surface area contributed by atoms with Crippen LogP contribution >= 0.6 is 0 Å². The Morgan fingerprint density at radius 1 is 1.45 bits per heavy atom. The number of pyridine rings is 1. The van der Waals surface area contributed by atoms with Crippen molar-refractivity contribution in [2.24, 2.45) is 0 Å². The Balaban J connectivity index is 0.000000956. The molecule has 2 rings (SSSR count). The highest BCUT2D eigenvalue weighted by Gasteiger charge is 2.08. The fourth-order valence-electron chi connectivity index (χ4n) is 1.43. The topological polar surface area (TPSA) is 91.8 Å². The molecule has 2 aromatic heterocycles. The molecule has 0 bridgehead atoms. The summed E-state index contributed by atoms with van der Waals surface area (Å²) >= 11 is 0. The predicted octanol–water partition coefficient (Wildman–Crippen LogP) is 2.46. The number of amides is 1. The maximum atomic E-state index is 11.7. The summed E-state index contributed by atoms with van der Waals surface area (Å²) in [4.78, 5) is 19.6. The molecule has 0 aromatic carbocycles. The van der Waals surface area contributed by atoms with E-state index in [0.29, 0.717) is 22.8 Å². The van der Waals surface area contributed by atoms with Crippen LogP contribution in [-0.4, -0.2) is 15.9 Å². The average Bonchev–Trinajstić information content (AvgIpc) is 2.86. The standard InChI is InChI=1S/C12H10N4O2.C2H6/c1-8-15-11(7-18-8)3-12(17)16-10-2-9(4-13)5-14-6-10;1-2/h2,5-7H,3H2,1H3,(H,16,17);1-2H3. The van der Waals surface area contributed by atoms with Crippen molar-refractivity contribution in [2.45, 2.75) is 27.2 Å². The van der Waals surface area contributed by atoms with Gasteiger partial charge in [0.25, 0.3) is 0 Å². The molecule has 6 heteroatoms. The lowest BCUT2D eigenvalue weighted by Crippen LogP contribution is -2.14. The number of carbonyl (C=O) groups excluding carboxylic acids is 1. The molecule has 0 saturated carbocycles. The number of nitrogens with zero attached hydrogens (tertiary/aromatic N) is 3. The minimum absolute atomic E-state index is 0.119. The van der Waals surface area contributed by atoms with E-state index in [1.807, 2.05) is 19.9 Å². The first kappa shape index (κ1) is 15.4. The van der Waals surface area contributed by atoms with Gasteiger partial charge in [-0.25, -0.2) is 4.98 Å². The SMILES string of the molecule is CC.Cc1nc(CC(=O)Nc2cncc(C#N)c2)co1. The summed E-state index contributed by atoms with van der Waals surface area (Å²) in [5.41, 5.74) is 1.44. The highest BCUT2D eigenvalue weighted by molar-refractivity contribution is 5.91. The molecule has 0 spiro atoms. The number of rotatable bonds is 3. The van der Waals surface area contributed by atoms with Crippen LogP contribution in [0.5, 0.6) is 0 Å². The summed E-state index contributed by atoms with van der Waals surface area (Å²) in [6.07, 6.45) is 4.47. The molecule has 1 amide bonds. The van der Waals surface area contributed by atoms with Gasteiger partial charge < -0.3 is 9.73 Å². The molecule has 2 heterocycles. The summed E-state index contributed by atoms with van der Waals surface area (Å²) in [7, 11) is 0. The fourth-order valence-corrected chi connectivity index (χ4v) is 1.43. The van der Waals surface area contributed by atoms with Crippen LogP contribution in [0.3, 0.4) is 0 Å². The maximum absolute atomic E-state index is 11.7. The Bertz CT molecular complexity index is 614. The van der Waals surface area contributed by atoms with Crippen LogP contribution in [0.1, 0.15) is 31.0 Å². The molecule has 0 atom stereocenters. The van der Waals surface area contributed by atoms with Crippen LogP contribution < -0.4 is 5.32 Å². The van der Waals surface area contributed by atoms with Crippen LogP contribution in [0.15, 0.2) is 29.1 Å². The summed E-state index contributed by atoms with van der Waals surface area (Å²) in [6, 6.07) is 3.51. The molecular formula is C14H16N4O2. The summed E-state index contributed by atoms with van der Waals surface area (Å²) < 4.78 is 5.01. The van der Waals surface area contributed by atoms with Gasteiger partial charge in [0.05, 0.1) is 29.6 Å². The van der Waals surface area contributed by atoms with Gasteiger partial charge in [0.15, 0.2) is 5.89 Å². The van der Waals surface area contributed by atoms with Gasteiger partial charge in [-0.1, -0.05) is 13.8 Å². The van der Waals surface area contributed by atoms with Crippen molar-refractivity contribution in [3.05, 3.63) is 41.9 Å². The summed E-state index contributed by atoms with van der Waals surface area (Å²) in [5.74, 6) is 0.283. The second kappa shape index (κ2) is 7.69. The van der Waals surface area contributed by atoms with Crippen molar-refractivity contribution in [3.63, 3.8) is 0 Å². The maximum Gasteiger partial charge on any atom is 0.230 e. The van der Waals surface area contributed by atoms with E-state index in [1.54, 1.807) is 13.0 Å². The Morgan fingerprint density at radius 3 is 2.80 bits per heavy atom. The number of hydrogen-bond acceptors (Lipinski definition) is 5. The predicted molar refractivity (Wildman–Crippen MR) is 73.9 cm³/mol. The van der Waals surface area contributed by atoms with Crippen LogP contribution in [0, 0.1) is 18.3 Å². The zero-order chi connectivity index (χ0) is 15.0. The molecule has 20 heavy (non-hydrogen) atoms. The van der Waals surface area contributed by atoms with Crippen LogP contribution in [0.2, 0.25) is 0 Å². The van der Waals surface area contributed by atoms with Crippen molar-refractivity contribution in [1.29, 1.82) is 5.26 Å². The first-order chi connectivity index (χ1) is 9.67. The summed E-state index contributed by atoms with van der Waals surface area (Å²) in [6.45, 7) is 5.71. The molecule has 2 aromatic rings. The third kappa shape index (κ3) is 4.53. The minimum Gasteiger partial charge on any atom is -0.449 e. The summed E-state index contributed by atoms with van der Waals surface area (Å²) in [5, 5.41) is 11.3. The van der Waals surface area contributed by atoms with Crippen LogP contribution in [-0.2, 0) is 11.2 Å². The third-order valence-corrected chi connectivity index (χ3v) is 2.16. The van der Waals surface area contributed by atoms with E-state index >= 15 is 0 Å². The number of oxazole rings is 1. The smallest absolute Gasteiger partial charge is 0.230 e. The van der Waals surface area contributed by atoms with E-state index in [0.717, 1.165) is 0 Å². The van der Waals surface area contributed by atoms with E-state index < -0.39 is 0 Å². The van der Waals surface area contributed by atoms with Crippen molar-refractivity contribution < 1.29 is 9.21 Å². The van der Waals surface area contributed by atoms with Gasteiger partial charge in [0, 0.05) is 13.1 Å². The number of aromatic nitrogens is 2. The second-order valence-corrected chi connectivity index (χ2v) is 3.66. The van der Waals surface area contributed by atoms with Crippen LogP contribution in [0.25, 0.3) is 0 Å². The quantitative estimate of drug-likeness (QED) is 0.926. The fraction of sp³-hybridized carbons (Fsp3) is 0.286. The van der Waals surface area contributed by atoms with Crippen molar-refractivity contribution >= 4 is 11.6 Å². The number of carbonyl (C=O) groups is 1. The van der Waals surface area contributed by atoms with Gasteiger partial charge in [-0.3, -0.25) is 9.78 Å². The van der Waals surface area contributed by atoms with Gasteiger partial charge in [-0.15, -0.1) is 0 Å². The molecule has 0 radical (unpaired) electrons. The molecule has 0 unspecified atom stereocenters. The molecule has 104 valence electrons. The lowest BCUT2D eigenvalue weighted by atomic mass is 10.2. The van der Waals surface area contributed by atoms with Crippen molar-refractivity contribution in [2.75, 3.05) is 5.32 Å². The third-order valence-electron chi connectivity index (χ3n) is 2.16. The first-order valence-corrected chi connectivity index (χ1v) is 6.23. The largest absolute Gasteiger partial charge is 0.449 e. The van der Waals surface area contributed by atoms with E-state index in [2.05, 4.69) is 15.3 Å². The van der Waals surface area contributed by atoms with E-state index in [1.165, 1.54) is 18.7 Å². The Hall–Kier alpha value is -2.68. The minimum atomic E-state index is -0.236. The van der Waals surface area contributed by atoms with Gasteiger partial charge in [0.2, 0.25) is 5.91 Å². The molecular weight excluding hydrogens is 256 g/mol. The van der Waals surface area contributed by atoms with E-state index in [-0.39, 0.29) is 12.3 Å². The molecule has 1 N–H and O–H groups in total. The highest BCUT2D eigenvalue weighted by Crippen LogP contribution is 2.08. The Labute approximate surface area is 117 Å². The normalized spacial score (nSPS) is 9.10. The lowest BCUT2D eigenvalue weighted by molar-refractivity contribution is -0.115. The Kier molecular flexibility index (Phi) is 5.91. The molecule has 0 aliphatic carbocycles. The highest BCUT2D eigenvalue weighted by atomic mass is 16.3. The molecule has 6 nitrogen and oxygen atoms in total. The monoisotopic (exact) mass is 272 g/mol. The first-order valence-electron chi connectivity index (χ1n) is 6.23. The molecule has 0 aliphatic rings.